The average Bonchev–Trinajstić information content (AvgIpc) is 2.47. The first-order valence-corrected chi connectivity index (χ1v) is 4.57. The molecule has 2 heterocycles. The zero-order valence-electron chi connectivity index (χ0n) is 8.44. The van der Waals surface area contributed by atoms with E-state index >= 15 is 0 Å². The second kappa shape index (κ2) is 2.92. The molecule has 4 heteroatoms. The number of methoxy groups -OCH3 is 1. The molecule has 4 nitrogen and oxygen atoms in total. The molecule has 4 atom stereocenters. The minimum atomic E-state index is -0.510. The summed E-state index contributed by atoms with van der Waals surface area (Å²) >= 11 is 0. The second-order valence-electron chi connectivity index (χ2n) is 4.01. The molecule has 0 bridgehead atoms. The highest BCUT2D eigenvalue weighted by Crippen LogP contribution is 2.38. The van der Waals surface area contributed by atoms with Gasteiger partial charge in [-0.2, -0.15) is 0 Å². The fourth-order valence-corrected chi connectivity index (χ4v) is 1.95. The maximum Gasteiger partial charge on any atom is 0.186 e. The highest BCUT2D eigenvalue weighted by Gasteiger charge is 2.53. The molecular formula is C9H16O4. The van der Waals surface area contributed by atoms with Gasteiger partial charge in [0, 0.05) is 7.11 Å². The van der Waals surface area contributed by atoms with Crippen molar-refractivity contribution in [3.8, 4) is 0 Å². The van der Waals surface area contributed by atoms with E-state index in [0.29, 0.717) is 0 Å². The maximum atomic E-state index is 5.69. The predicted molar refractivity (Wildman–Crippen MR) is 45.2 cm³/mol. The van der Waals surface area contributed by atoms with Gasteiger partial charge in [0.2, 0.25) is 0 Å². The first-order valence-electron chi connectivity index (χ1n) is 4.57. The van der Waals surface area contributed by atoms with Crippen LogP contribution in [0.1, 0.15) is 20.8 Å². The fraction of sp³-hybridized carbons (Fsp3) is 1.00. The van der Waals surface area contributed by atoms with Crippen molar-refractivity contribution in [2.75, 3.05) is 7.11 Å². The van der Waals surface area contributed by atoms with Crippen LogP contribution in [0.4, 0.5) is 0 Å². The van der Waals surface area contributed by atoms with Gasteiger partial charge in [0.05, 0.1) is 6.10 Å². The molecule has 2 saturated heterocycles. The third-order valence-corrected chi connectivity index (χ3v) is 2.48. The average molecular weight is 188 g/mol. The molecule has 0 unspecified atom stereocenters. The van der Waals surface area contributed by atoms with Crippen LogP contribution in [-0.2, 0) is 18.9 Å². The lowest BCUT2D eigenvalue weighted by atomic mass is 10.2. The summed E-state index contributed by atoms with van der Waals surface area (Å²) in [6.45, 7) is 5.79. The van der Waals surface area contributed by atoms with Gasteiger partial charge in [0.1, 0.15) is 12.2 Å². The predicted octanol–water partition coefficient (Wildman–Crippen LogP) is 0.898. The van der Waals surface area contributed by atoms with E-state index in [1.54, 1.807) is 7.11 Å². The Morgan fingerprint density at radius 1 is 1.15 bits per heavy atom. The number of hydrogen-bond donors (Lipinski definition) is 0. The summed E-state index contributed by atoms with van der Waals surface area (Å²) in [5.41, 5.74) is 0. The Morgan fingerprint density at radius 2 is 1.77 bits per heavy atom. The third kappa shape index (κ3) is 1.48. The van der Waals surface area contributed by atoms with Crippen LogP contribution in [0.25, 0.3) is 0 Å². The van der Waals surface area contributed by atoms with Gasteiger partial charge in [0.25, 0.3) is 0 Å². The Kier molecular flexibility index (Phi) is 2.11. The molecule has 0 amide bonds. The second-order valence-corrected chi connectivity index (χ2v) is 4.01. The number of fused-ring (bicyclic) bond motifs is 1. The molecule has 0 aromatic heterocycles. The van der Waals surface area contributed by atoms with Gasteiger partial charge < -0.3 is 18.9 Å². The quantitative estimate of drug-likeness (QED) is 0.612. The Labute approximate surface area is 78.1 Å². The zero-order valence-corrected chi connectivity index (χ0v) is 8.44. The summed E-state index contributed by atoms with van der Waals surface area (Å²) in [6.07, 6.45) is -0.339. The van der Waals surface area contributed by atoms with E-state index in [0.717, 1.165) is 0 Å². The van der Waals surface area contributed by atoms with Gasteiger partial charge in [-0.15, -0.1) is 0 Å². The summed E-state index contributed by atoms with van der Waals surface area (Å²) in [6, 6.07) is 0. The number of rotatable bonds is 1. The lowest BCUT2D eigenvalue weighted by Crippen LogP contribution is -2.30. The van der Waals surface area contributed by atoms with E-state index in [-0.39, 0.29) is 24.6 Å². The Bertz CT molecular complexity index is 204. The molecule has 0 aliphatic carbocycles. The van der Waals surface area contributed by atoms with Crippen LogP contribution >= 0.6 is 0 Å². The molecule has 0 radical (unpaired) electrons. The van der Waals surface area contributed by atoms with E-state index in [2.05, 4.69) is 0 Å². The monoisotopic (exact) mass is 188 g/mol. The van der Waals surface area contributed by atoms with Gasteiger partial charge in [0.15, 0.2) is 12.1 Å². The van der Waals surface area contributed by atoms with Gasteiger partial charge in [-0.1, -0.05) is 0 Å². The Hall–Kier alpha value is -0.160. The molecule has 2 aliphatic rings. The van der Waals surface area contributed by atoms with Crippen LogP contribution in [0.2, 0.25) is 0 Å². The van der Waals surface area contributed by atoms with E-state index in [1.807, 2.05) is 20.8 Å². The highest BCUT2D eigenvalue weighted by molar-refractivity contribution is 4.93. The lowest BCUT2D eigenvalue weighted by Gasteiger charge is -2.22. The minimum Gasteiger partial charge on any atom is -0.353 e. The molecule has 2 rings (SSSR count). The normalized spacial score (nSPS) is 48.0. The largest absolute Gasteiger partial charge is 0.353 e. The molecule has 13 heavy (non-hydrogen) atoms. The van der Waals surface area contributed by atoms with Crippen molar-refractivity contribution in [3.05, 3.63) is 0 Å². The lowest BCUT2D eigenvalue weighted by molar-refractivity contribution is -0.224. The van der Waals surface area contributed by atoms with Crippen LogP contribution in [0.15, 0.2) is 0 Å². The molecule has 76 valence electrons. The molecule has 2 fully saturated rings. The summed E-state index contributed by atoms with van der Waals surface area (Å²) in [4.78, 5) is 0. The minimum absolute atomic E-state index is 0.0000463. The summed E-state index contributed by atoms with van der Waals surface area (Å²) < 4.78 is 22.0. The first-order chi connectivity index (χ1) is 6.03. The van der Waals surface area contributed by atoms with Crippen molar-refractivity contribution in [1.82, 2.24) is 0 Å². The Balaban J connectivity index is 2.12. The number of ether oxygens (including phenoxy) is 4. The molecular weight excluding hydrogens is 172 g/mol. The summed E-state index contributed by atoms with van der Waals surface area (Å²) in [7, 11) is 1.62. The van der Waals surface area contributed by atoms with Crippen LogP contribution < -0.4 is 0 Å². The maximum absolute atomic E-state index is 5.69. The number of hydrogen-bond acceptors (Lipinski definition) is 4. The molecule has 0 N–H and O–H groups in total. The fourth-order valence-electron chi connectivity index (χ4n) is 1.95. The van der Waals surface area contributed by atoms with Crippen molar-refractivity contribution in [1.29, 1.82) is 0 Å². The van der Waals surface area contributed by atoms with Gasteiger partial charge in [-0.05, 0) is 20.8 Å². The van der Waals surface area contributed by atoms with Crippen molar-refractivity contribution < 1.29 is 18.9 Å². The van der Waals surface area contributed by atoms with E-state index < -0.39 is 5.79 Å². The van der Waals surface area contributed by atoms with Crippen molar-refractivity contribution in [3.63, 3.8) is 0 Å². The summed E-state index contributed by atoms with van der Waals surface area (Å²) in [5, 5.41) is 0. The van der Waals surface area contributed by atoms with Crippen LogP contribution in [-0.4, -0.2) is 37.5 Å². The third-order valence-electron chi connectivity index (χ3n) is 2.48. The summed E-state index contributed by atoms with van der Waals surface area (Å²) in [5.74, 6) is -0.510. The smallest absolute Gasteiger partial charge is 0.186 e. The molecule has 2 aliphatic heterocycles. The van der Waals surface area contributed by atoms with Crippen LogP contribution in [0.5, 0.6) is 0 Å². The highest BCUT2D eigenvalue weighted by atomic mass is 16.8. The molecule has 0 aromatic rings. The van der Waals surface area contributed by atoms with Gasteiger partial charge >= 0.3 is 0 Å². The first kappa shape index (κ1) is 9.40. The molecule has 0 spiro atoms. The Morgan fingerprint density at radius 3 is 2.38 bits per heavy atom. The van der Waals surface area contributed by atoms with Crippen molar-refractivity contribution in [2.24, 2.45) is 0 Å². The van der Waals surface area contributed by atoms with E-state index in [1.165, 1.54) is 0 Å². The van der Waals surface area contributed by atoms with Crippen molar-refractivity contribution >= 4 is 0 Å². The van der Waals surface area contributed by atoms with Crippen LogP contribution in [0, 0.1) is 0 Å². The SMILES string of the molecule is CO[C@H]1O[C@H](C)[C@@H]2OC(C)(C)O[C@H]12. The zero-order chi connectivity index (χ0) is 9.64. The van der Waals surface area contributed by atoms with Crippen LogP contribution in [0.3, 0.4) is 0 Å². The van der Waals surface area contributed by atoms with E-state index in [4.69, 9.17) is 18.9 Å². The van der Waals surface area contributed by atoms with Gasteiger partial charge in [-0.3, -0.25) is 0 Å². The van der Waals surface area contributed by atoms with Crippen molar-refractivity contribution in [2.45, 2.75) is 51.2 Å². The topological polar surface area (TPSA) is 36.9 Å². The standard InChI is InChI=1S/C9H16O4/c1-5-6-7(8(10-4)11-5)13-9(2,3)12-6/h5-8H,1-4H3/t5-,6+,7+,8+/m1/s1. The van der Waals surface area contributed by atoms with Gasteiger partial charge in [-0.25, -0.2) is 0 Å². The molecule has 0 aromatic carbocycles. The molecule has 0 saturated carbocycles. The van der Waals surface area contributed by atoms with E-state index in [9.17, 15) is 0 Å².